The number of nitrogens with zero attached hydrogens (tertiary/aromatic N) is 2. The average molecular weight is 568 g/mol. The second kappa shape index (κ2) is 12.3. The van der Waals surface area contributed by atoms with E-state index in [9.17, 15) is 9.59 Å². The highest BCUT2D eigenvalue weighted by atomic mass is 79.9. The molecule has 3 aromatic rings. The minimum atomic E-state index is -0.416. The normalized spacial score (nSPS) is 13.9. The third-order valence-electron chi connectivity index (χ3n) is 6.64. The van der Waals surface area contributed by atoms with Crippen molar-refractivity contribution in [3.8, 4) is 5.69 Å². The minimum Gasteiger partial charge on any atom is -0.464 e. The molecule has 0 unspecified atom stereocenters. The molecule has 0 aliphatic heterocycles. The maximum atomic E-state index is 13.1. The summed E-state index contributed by atoms with van der Waals surface area (Å²) in [6, 6.07) is 17.1. The lowest BCUT2D eigenvalue weighted by Gasteiger charge is -2.38. The Morgan fingerprint density at radius 1 is 1.05 bits per heavy atom. The number of halogens is 1. The van der Waals surface area contributed by atoms with E-state index in [1.165, 1.54) is 26.4 Å². The number of aromatic nitrogens is 1. The van der Waals surface area contributed by atoms with Gasteiger partial charge in [0.05, 0.1) is 18.5 Å². The highest BCUT2D eigenvalue weighted by molar-refractivity contribution is 9.10. The topological polar surface area (TPSA) is 75.6 Å². The van der Waals surface area contributed by atoms with Gasteiger partial charge in [0.15, 0.2) is 0 Å². The molecule has 8 heteroatoms. The number of hydrogen-bond acceptors (Lipinski definition) is 4. The summed E-state index contributed by atoms with van der Waals surface area (Å²) >= 11 is 3.43. The molecule has 0 radical (unpaired) electrons. The van der Waals surface area contributed by atoms with Gasteiger partial charge in [-0.15, -0.1) is 0 Å². The molecular weight excluding hydrogens is 532 g/mol. The molecule has 1 aliphatic rings. The van der Waals surface area contributed by atoms with E-state index >= 15 is 0 Å². The maximum Gasteiger partial charge on any atom is 0.355 e. The number of carbonyl (C=O) groups is 2. The number of anilines is 3. The Labute approximate surface area is 227 Å². The third kappa shape index (κ3) is 6.74. The zero-order chi connectivity index (χ0) is 26.4. The highest BCUT2D eigenvalue weighted by Gasteiger charge is 2.25. The van der Waals surface area contributed by atoms with Gasteiger partial charge < -0.3 is 24.8 Å². The molecule has 1 saturated carbocycles. The quantitative estimate of drug-likeness (QED) is 0.277. The summed E-state index contributed by atoms with van der Waals surface area (Å²) in [5.74, 6) is 0.0432. The van der Waals surface area contributed by atoms with Crippen molar-refractivity contribution in [3.63, 3.8) is 0 Å². The van der Waals surface area contributed by atoms with E-state index in [-0.39, 0.29) is 6.03 Å². The van der Waals surface area contributed by atoms with E-state index in [4.69, 9.17) is 4.74 Å². The Kier molecular flexibility index (Phi) is 8.92. The molecule has 2 amide bonds. The van der Waals surface area contributed by atoms with Gasteiger partial charge in [-0.3, -0.25) is 0 Å². The van der Waals surface area contributed by atoms with E-state index in [1.54, 1.807) is 16.7 Å². The van der Waals surface area contributed by atoms with Crippen molar-refractivity contribution in [3.05, 3.63) is 71.0 Å². The van der Waals surface area contributed by atoms with Crippen LogP contribution in [0, 0.1) is 5.92 Å². The van der Waals surface area contributed by atoms with Gasteiger partial charge in [0.2, 0.25) is 0 Å². The molecule has 37 heavy (non-hydrogen) atoms. The summed E-state index contributed by atoms with van der Waals surface area (Å²) < 4.78 is 7.68. The van der Waals surface area contributed by atoms with Gasteiger partial charge in [-0.05, 0) is 73.4 Å². The molecule has 1 heterocycles. The Hall–Kier alpha value is -3.26. The number of amides is 2. The van der Waals surface area contributed by atoms with Gasteiger partial charge in [-0.25, -0.2) is 9.59 Å². The van der Waals surface area contributed by atoms with E-state index in [0.717, 1.165) is 35.2 Å². The Bertz CT molecular complexity index is 1220. The molecular formula is C29H35BrN4O3. The maximum absolute atomic E-state index is 13.1. The van der Waals surface area contributed by atoms with Crippen LogP contribution in [0.25, 0.3) is 5.69 Å². The molecule has 196 valence electrons. The predicted molar refractivity (Wildman–Crippen MR) is 153 cm³/mol. The first-order valence-electron chi connectivity index (χ1n) is 12.9. The molecule has 1 fully saturated rings. The molecule has 2 aromatic carbocycles. The number of esters is 1. The molecule has 7 nitrogen and oxygen atoms in total. The van der Waals surface area contributed by atoms with Crippen LogP contribution in [0.1, 0.15) is 56.4 Å². The van der Waals surface area contributed by atoms with Gasteiger partial charge in [0.1, 0.15) is 5.69 Å². The predicted octanol–water partition coefficient (Wildman–Crippen LogP) is 7.47. The van der Waals surface area contributed by atoms with Gasteiger partial charge in [0.25, 0.3) is 0 Å². The Morgan fingerprint density at radius 3 is 2.46 bits per heavy atom. The second-order valence-corrected chi connectivity index (χ2v) is 10.8. The summed E-state index contributed by atoms with van der Waals surface area (Å²) in [4.78, 5) is 27.9. The van der Waals surface area contributed by atoms with Crippen molar-refractivity contribution in [2.75, 3.05) is 29.2 Å². The first-order chi connectivity index (χ1) is 17.9. The number of carbonyl (C=O) groups excluding carboxylic acids is 2. The smallest absolute Gasteiger partial charge is 0.355 e. The lowest BCUT2D eigenvalue weighted by Crippen LogP contribution is -2.40. The van der Waals surface area contributed by atoms with E-state index < -0.39 is 5.97 Å². The lowest BCUT2D eigenvalue weighted by molar-refractivity contribution is 0.0591. The summed E-state index contributed by atoms with van der Waals surface area (Å²) in [5, 5.41) is 6.03. The fourth-order valence-electron chi connectivity index (χ4n) is 4.95. The second-order valence-electron chi connectivity index (χ2n) is 9.88. The van der Waals surface area contributed by atoms with Gasteiger partial charge in [0, 0.05) is 34.6 Å². The standard InChI is InChI=1S/C29H35BrN4O3/c1-20(2)19-34(23-8-5-4-6-9-23)26-16-15-24(33-17-7-10-27(33)28(35)37-3)18-25(26)32-29(36)31-22-13-11-21(30)12-14-22/h7,10-18,20,23H,4-6,8-9,19H2,1-3H3,(H2,31,32,36). The number of rotatable bonds is 8. The monoisotopic (exact) mass is 566 g/mol. The SMILES string of the molecule is COC(=O)c1cccn1-c1ccc(N(CC(C)C)C2CCCCC2)c(NC(=O)Nc2ccc(Br)cc2)c1. The molecule has 0 bridgehead atoms. The number of urea groups is 1. The van der Waals surface area contributed by atoms with Crippen LogP contribution in [0.4, 0.5) is 21.9 Å². The van der Waals surface area contributed by atoms with E-state index in [0.29, 0.717) is 29.0 Å². The van der Waals surface area contributed by atoms with E-state index in [2.05, 4.69) is 51.4 Å². The molecule has 1 aromatic heterocycles. The molecule has 0 atom stereocenters. The largest absolute Gasteiger partial charge is 0.464 e. The zero-order valence-corrected chi connectivity index (χ0v) is 23.3. The highest BCUT2D eigenvalue weighted by Crippen LogP contribution is 2.35. The molecule has 1 aliphatic carbocycles. The number of ether oxygens (including phenoxy) is 1. The Morgan fingerprint density at radius 2 is 1.78 bits per heavy atom. The molecule has 4 rings (SSSR count). The minimum absolute atomic E-state index is 0.324. The van der Waals surface area contributed by atoms with Crippen molar-refractivity contribution in [1.29, 1.82) is 0 Å². The fourth-order valence-corrected chi connectivity index (χ4v) is 5.21. The number of nitrogens with one attached hydrogen (secondary N) is 2. The van der Waals surface area contributed by atoms with Crippen LogP contribution >= 0.6 is 15.9 Å². The summed E-state index contributed by atoms with van der Waals surface area (Å²) in [6.45, 7) is 5.34. The van der Waals surface area contributed by atoms with Crippen molar-refractivity contribution < 1.29 is 14.3 Å². The van der Waals surface area contributed by atoms with Crippen LogP contribution in [0.15, 0.2) is 65.3 Å². The van der Waals surface area contributed by atoms with Gasteiger partial charge in [-0.2, -0.15) is 0 Å². The van der Waals surface area contributed by atoms with Gasteiger partial charge in [-0.1, -0.05) is 49.0 Å². The average Bonchev–Trinajstić information content (AvgIpc) is 3.39. The fraction of sp³-hybridized carbons (Fsp3) is 0.379. The zero-order valence-electron chi connectivity index (χ0n) is 21.7. The van der Waals surface area contributed by atoms with Crippen LogP contribution in [-0.2, 0) is 4.74 Å². The summed E-state index contributed by atoms with van der Waals surface area (Å²) in [6.07, 6.45) is 7.81. The van der Waals surface area contributed by atoms with Crippen molar-refractivity contribution in [1.82, 2.24) is 4.57 Å². The van der Waals surface area contributed by atoms with Crippen LogP contribution in [0.3, 0.4) is 0 Å². The van der Waals surface area contributed by atoms with Crippen molar-refractivity contribution >= 4 is 45.0 Å². The van der Waals surface area contributed by atoms with Gasteiger partial charge >= 0.3 is 12.0 Å². The number of methoxy groups -OCH3 is 1. The van der Waals surface area contributed by atoms with Crippen LogP contribution in [0.5, 0.6) is 0 Å². The number of benzene rings is 2. The molecule has 0 spiro atoms. The van der Waals surface area contributed by atoms with Crippen LogP contribution in [0.2, 0.25) is 0 Å². The molecule has 2 N–H and O–H groups in total. The van der Waals surface area contributed by atoms with Crippen molar-refractivity contribution in [2.24, 2.45) is 5.92 Å². The lowest BCUT2D eigenvalue weighted by atomic mass is 9.93. The number of hydrogen-bond donors (Lipinski definition) is 2. The first-order valence-corrected chi connectivity index (χ1v) is 13.7. The van der Waals surface area contributed by atoms with Crippen LogP contribution < -0.4 is 15.5 Å². The van der Waals surface area contributed by atoms with Crippen LogP contribution in [-0.4, -0.2) is 36.3 Å². The molecule has 0 saturated heterocycles. The Balaban J connectivity index is 1.72. The summed E-state index contributed by atoms with van der Waals surface area (Å²) in [5.41, 5.74) is 3.57. The van der Waals surface area contributed by atoms with Crippen molar-refractivity contribution in [2.45, 2.75) is 52.0 Å². The first kappa shape index (κ1) is 26.8. The van der Waals surface area contributed by atoms with E-state index in [1.807, 2.05) is 42.6 Å². The summed E-state index contributed by atoms with van der Waals surface area (Å²) in [7, 11) is 1.37. The third-order valence-corrected chi connectivity index (χ3v) is 7.17.